The highest BCUT2D eigenvalue weighted by Gasteiger charge is 2.01. The highest BCUT2D eigenvalue weighted by molar-refractivity contribution is 9.09. The summed E-state index contributed by atoms with van der Waals surface area (Å²) in [5, 5.41) is 5.45. The van der Waals surface area contributed by atoms with Gasteiger partial charge in [0, 0.05) is 18.1 Å². The summed E-state index contributed by atoms with van der Waals surface area (Å²) in [6.45, 7) is 5.36. The first-order chi connectivity index (χ1) is 6.22. The monoisotopic (exact) mass is 244 g/mol. The van der Waals surface area contributed by atoms with Crippen LogP contribution in [-0.4, -0.2) is 15.1 Å². The van der Waals surface area contributed by atoms with Gasteiger partial charge < -0.3 is 0 Å². The van der Waals surface area contributed by atoms with Gasteiger partial charge in [-0.25, -0.2) is 0 Å². The van der Waals surface area contributed by atoms with Crippen molar-refractivity contribution >= 4 is 15.9 Å². The lowest BCUT2D eigenvalue weighted by Crippen LogP contribution is -2.04. The maximum absolute atomic E-state index is 4.35. The molecule has 0 aliphatic carbocycles. The second kappa shape index (κ2) is 5.43. The Kier molecular flexibility index (Phi) is 4.50. The minimum Gasteiger partial charge on any atom is -0.272 e. The van der Waals surface area contributed by atoms with Gasteiger partial charge in [0.15, 0.2) is 0 Å². The van der Waals surface area contributed by atoms with Crippen molar-refractivity contribution in [2.24, 2.45) is 5.92 Å². The molecule has 0 amide bonds. The van der Waals surface area contributed by atoms with Crippen LogP contribution in [0, 0.1) is 12.8 Å². The molecule has 1 unspecified atom stereocenters. The summed E-state index contributed by atoms with van der Waals surface area (Å²) in [5.74, 6) is 0.781. The highest BCUT2D eigenvalue weighted by Crippen LogP contribution is 2.10. The Morgan fingerprint density at radius 1 is 1.54 bits per heavy atom. The van der Waals surface area contributed by atoms with Gasteiger partial charge in [0.05, 0.1) is 5.69 Å². The van der Waals surface area contributed by atoms with Gasteiger partial charge in [-0.05, 0) is 31.7 Å². The second-order valence-corrected chi connectivity index (χ2v) is 4.38. The summed E-state index contributed by atoms with van der Waals surface area (Å²) in [7, 11) is 0. The number of hydrogen-bond acceptors (Lipinski definition) is 1. The Bertz CT molecular complexity index is 245. The fourth-order valence-corrected chi connectivity index (χ4v) is 2.05. The van der Waals surface area contributed by atoms with E-state index in [0.29, 0.717) is 0 Å². The van der Waals surface area contributed by atoms with E-state index >= 15 is 0 Å². The molecule has 1 atom stereocenters. The molecule has 0 spiro atoms. The molecule has 1 aromatic heterocycles. The van der Waals surface area contributed by atoms with Crippen LogP contribution in [-0.2, 0) is 6.54 Å². The fourth-order valence-electron chi connectivity index (χ4n) is 1.27. The second-order valence-electron chi connectivity index (χ2n) is 3.59. The Balaban J connectivity index is 2.26. The molecule has 0 aliphatic heterocycles. The summed E-state index contributed by atoms with van der Waals surface area (Å²) < 4.78 is 2.03. The minimum atomic E-state index is 0.781. The van der Waals surface area contributed by atoms with Gasteiger partial charge in [-0.15, -0.1) is 0 Å². The van der Waals surface area contributed by atoms with Crippen molar-refractivity contribution < 1.29 is 0 Å². The molecule has 13 heavy (non-hydrogen) atoms. The summed E-state index contributed by atoms with van der Waals surface area (Å²) in [6, 6.07) is 2.05. The first-order valence-electron chi connectivity index (χ1n) is 4.78. The molecule has 1 aromatic rings. The number of halogens is 1. The van der Waals surface area contributed by atoms with Crippen LogP contribution in [0.4, 0.5) is 0 Å². The topological polar surface area (TPSA) is 17.8 Å². The van der Waals surface area contributed by atoms with Crippen molar-refractivity contribution in [2.75, 3.05) is 5.33 Å². The largest absolute Gasteiger partial charge is 0.272 e. The van der Waals surface area contributed by atoms with E-state index in [2.05, 4.69) is 40.2 Å². The number of nitrogens with zero attached hydrogens (tertiary/aromatic N) is 2. The van der Waals surface area contributed by atoms with Crippen molar-refractivity contribution in [1.29, 1.82) is 0 Å². The summed E-state index contributed by atoms with van der Waals surface area (Å²) >= 11 is 3.46. The van der Waals surface area contributed by atoms with E-state index in [4.69, 9.17) is 0 Å². The first-order valence-corrected chi connectivity index (χ1v) is 5.90. The molecule has 0 saturated carbocycles. The predicted octanol–water partition coefficient (Wildman–Crippen LogP) is 3.00. The lowest BCUT2D eigenvalue weighted by molar-refractivity contribution is 0.451. The van der Waals surface area contributed by atoms with Gasteiger partial charge in [-0.1, -0.05) is 22.9 Å². The third-order valence-corrected chi connectivity index (χ3v) is 2.68. The van der Waals surface area contributed by atoms with Crippen molar-refractivity contribution in [1.82, 2.24) is 9.78 Å². The third kappa shape index (κ3) is 3.94. The molecule has 0 bridgehead atoms. The molecular weight excluding hydrogens is 228 g/mol. The van der Waals surface area contributed by atoms with E-state index in [-0.39, 0.29) is 0 Å². The number of aromatic nitrogens is 2. The Morgan fingerprint density at radius 2 is 2.31 bits per heavy atom. The van der Waals surface area contributed by atoms with Crippen LogP contribution >= 0.6 is 15.9 Å². The minimum absolute atomic E-state index is 0.781. The van der Waals surface area contributed by atoms with Crippen LogP contribution in [0.5, 0.6) is 0 Å². The zero-order valence-electron chi connectivity index (χ0n) is 8.33. The smallest absolute Gasteiger partial charge is 0.0593 e. The van der Waals surface area contributed by atoms with Gasteiger partial charge in [0.1, 0.15) is 0 Å². The summed E-state index contributed by atoms with van der Waals surface area (Å²) in [6.07, 6.45) is 4.52. The SMILES string of the molecule is Cc1ccn(CCC(C)CCBr)n1. The number of hydrogen-bond donors (Lipinski definition) is 0. The van der Waals surface area contributed by atoms with Crippen LogP contribution in [0.3, 0.4) is 0 Å². The molecule has 0 radical (unpaired) electrons. The van der Waals surface area contributed by atoms with Crippen LogP contribution in [0.2, 0.25) is 0 Å². The van der Waals surface area contributed by atoms with E-state index in [9.17, 15) is 0 Å². The van der Waals surface area contributed by atoms with Gasteiger partial charge >= 0.3 is 0 Å². The van der Waals surface area contributed by atoms with Gasteiger partial charge in [-0.3, -0.25) is 4.68 Å². The molecule has 0 aliphatic rings. The zero-order valence-corrected chi connectivity index (χ0v) is 9.92. The highest BCUT2D eigenvalue weighted by atomic mass is 79.9. The molecule has 74 valence electrons. The van der Waals surface area contributed by atoms with Gasteiger partial charge in [0.25, 0.3) is 0 Å². The zero-order chi connectivity index (χ0) is 9.68. The standard InChI is InChI=1S/C10H17BrN2/c1-9(3-6-11)4-7-13-8-5-10(2)12-13/h5,8-9H,3-4,6-7H2,1-2H3. The molecule has 0 saturated heterocycles. The van der Waals surface area contributed by atoms with E-state index in [1.807, 2.05) is 11.6 Å². The van der Waals surface area contributed by atoms with Crippen molar-refractivity contribution in [3.05, 3.63) is 18.0 Å². The maximum atomic E-state index is 4.35. The summed E-state index contributed by atoms with van der Waals surface area (Å²) in [5.41, 5.74) is 1.10. The van der Waals surface area contributed by atoms with Crippen molar-refractivity contribution in [3.63, 3.8) is 0 Å². The van der Waals surface area contributed by atoms with Gasteiger partial charge in [-0.2, -0.15) is 5.10 Å². The number of aryl methyl sites for hydroxylation is 2. The molecule has 0 N–H and O–H groups in total. The lowest BCUT2D eigenvalue weighted by atomic mass is 10.1. The Morgan fingerprint density at radius 3 is 2.85 bits per heavy atom. The molecule has 0 aromatic carbocycles. The quantitative estimate of drug-likeness (QED) is 0.729. The molecular formula is C10H17BrN2. The Hall–Kier alpha value is -0.310. The molecule has 3 heteroatoms. The average Bonchev–Trinajstić information content (AvgIpc) is 2.49. The van der Waals surface area contributed by atoms with Crippen molar-refractivity contribution in [2.45, 2.75) is 33.2 Å². The first kappa shape index (κ1) is 10.8. The van der Waals surface area contributed by atoms with E-state index in [0.717, 1.165) is 23.5 Å². The summed E-state index contributed by atoms with van der Waals surface area (Å²) in [4.78, 5) is 0. The van der Waals surface area contributed by atoms with Crippen LogP contribution in [0.15, 0.2) is 12.3 Å². The van der Waals surface area contributed by atoms with E-state index < -0.39 is 0 Å². The average molecular weight is 245 g/mol. The molecule has 0 fully saturated rings. The molecule has 2 nitrogen and oxygen atoms in total. The van der Waals surface area contributed by atoms with Crippen molar-refractivity contribution in [3.8, 4) is 0 Å². The normalized spacial score (nSPS) is 13.2. The fraction of sp³-hybridized carbons (Fsp3) is 0.700. The van der Waals surface area contributed by atoms with Crippen LogP contribution in [0.25, 0.3) is 0 Å². The predicted molar refractivity (Wildman–Crippen MR) is 59.2 cm³/mol. The van der Waals surface area contributed by atoms with Crippen LogP contribution < -0.4 is 0 Å². The third-order valence-electron chi connectivity index (χ3n) is 2.23. The van der Waals surface area contributed by atoms with E-state index in [1.54, 1.807) is 0 Å². The lowest BCUT2D eigenvalue weighted by Gasteiger charge is -2.08. The number of alkyl halides is 1. The van der Waals surface area contributed by atoms with Gasteiger partial charge in [0.2, 0.25) is 0 Å². The maximum Gasteiger partial charge on any atom is 0.0593 e. The Labute approximate surface area is 88.5 Å². The molecule has 1 rings (SSSR count). The number of rotatable bonds is 5. The van der Waals surface area contributed by atoms with Crippen LogP contribution in [0.1, 0.15) is 25.5 Å². The molecule has 1 heterocycles. The van der Waals surface area contributed by atoms with E-state index in [1.165, 1.54) is 12.8 Å².